The summed E-state index contributed by atoms with van der Waals surface area (Å²) < 4.78 is 3.93. The molecule has 1 aromatic carbocycles. The molecule has 0 radical (unpaired) electrons. The molecule has 0 saturated carbocycles. The number of nitrogens with two attached hydrogens (primary N) is 1. The van der Waals surface area contributed by atoms with E-state index in [1.165, 1.54) is 6.33 Å². The van der Waals surface area contributed by atoms with E-state index in [0.717, 1.165) is 16.9 Å². The Balaban J connectivity index is 1.35. The van der Waals surface area contributed by atoms with Gasteiger partial charge in [0.2, 0.25) is 5.91 Å². The van der Waals surface area contributed by atoms with Gasteiger partial charge >= 0.3 is 0 Å². The van der Waals surface area contributed by atoms with E-state index in [9.17, 15) is 15.0 Å². The minimum absolute atomic E-state index is 0.0733. The summed E-state index contributed by atoms with van der Waals surface area (Å²) in [6.07, 6.45) is 3.11. The molecule has 3 aromatic heterocycles. The summed E-state index contributed by atoms with van der Waals surface area (Å²) in [4.78, 5) is 32.4. The van der Waals surface area contributed by atoms with E-state index in [-0.39, 0.29) is 37.2 Å². The van der Waals surface area contributed by atoms with Crippen LogP contribution in [0.1, 0.15) is 57.8 Å². The number of carbonyl (C=O) groups excluding carboxylic acids is 1. The number of aliphatic hydroxyl groups excluding tert-OH is 1. The van der Waals surface area contributed by atoms with Gasteiger partial charge in [0.15, 0.2) is 11.5 Å². The summed E-state index contributed by atoms with van der Waals surface area (Å²) >= 11 is 0. The van der Waals surface area contributed by atoms with Crippen LogP contribution in [0.4, 0.5) is 5.82 Å². The number of β-amino-alcohol motifs (C(OH)–C–C–N with tert-alkyl or cyclic N) is 1. The van der Waals surface area contributed by atoms with Crippen LogP contribution in [0.15, 0.2) is 36.9 Å². The van der Waals surface area contributed by atoms with Crippen molar-refractivity contribution in [1.29, 1.82) is 0 Å². The van der Waals surface area contributed by atoms with Crippen LogP contribution >= 0.6 is 0 Å². The van der Waals surface area contributed by atoms with E-state index in [1.807, 2.05) is 18.2 Å². The molecule has 3 atom stereocenters. The Bertz CT molecular complexity index is 1430. The number of hydrogen-bond donors (Lipinski definition) is 3. The molecule has 0 spiro atoms. The summed E-state index contributed by atoms with van der Waals surface area (Å²) in [7, 11) is 0. The van der Waals surface area contributed by atoms with E-state index >= 15 is 0 Å². The zero-order valence-corrected chi connectivity index (χ0v) is 21.4. The lowest BCUT2D eigenvalue weighted by atomic mass is 9.91. The first-order valence-corrected chi connectivity index (χ1v) is 12.7. The molecule has 37 heavy (non-hydrogen) atoms. The zero-order chi connectivity index (χ0) is 26.3. The maximum atomic E-state index is 13.4. The topological polar surface area (TPSA) is 148 Å². The van der Waals surface area contributed by atoms with Crippen molar-refractivity contribution in [3.05, 3.63) is 42.7 Å². The Morgan fingerprint density at radius 2 is 2.00 bits per heavy atom. The standard InChI is InChI=1S/C26H34N8O3/c1-16(2)24-31-18-7-4-5-8-19(18)33(24)10-6-9-21(36)32-12-17(35)11-26(3,37)20(13-32)34-15-30-22-23(27)28-14-29-25(22)34/h4-5,7-8,14-17,20,35,37H,6,9-13H2,1-3H3,(H2,27,28,29)/t17-,20+,26+/m1/s1. The molecule has 1 fully saturated rings. The molecular weight excluding hydrogens is 472 g/mol. The van der Waals surface area contributed by atoms with Crippen molar-refractivity contribution in [3.8, 4) is 0 Å². The number of carbonyl (C=O) groups is 1. The highest BCUT2D eigenvalue weighted by molar-refractivity contribution is 5.81. The maximum Gasteiger partial charge on any atom is 0.222 e. The highest BCUT2D eigenvalue weighted by Crippen LogP contribution is 2.34. The van der Waals surface area contributed by atoms with Crippen molar-refractivity contribution < 1.29 is 15.0 Å². The van der Waals surface area contributed by atoms with Gasteiger partial charge in [-0.2, -0.15) is 0 Å². The smallest absolute Gasteiger partial charge is 0.222 e. The van der Waals surface area contributed by atoms with Gasteiger partial charge in [-0.15, -0.1) is 0 Å². The molecule has 1 aliphatic rings. The molecule has 1 saturated heterocycles. The lowest BCUT2D eigenvalue weighted by Crippen LogP contribution is -2.42. The molecule has 11 heteroatoms. The van der Waals surface area contributed by atoms with Gasteiger partial charge in [-0.3, -0.25) is 4.79 Å². The van der Waals surface area contributed by atoms with E-state index in [1.54, 1.807) is 22.7 Å². The van der Waals surface area contributed by atoms with Crippen LogP contribution in [-0.2, 0) is 11.3 Å². The number of rotatable bonds is 6. The third-order valence-electron chi connectivity index (χ3n) is 7.24. The summed E-state index contributed by atoms with van der Waals surface area (Å²) in [6, 6.07) is 7.47. The number of para-hydroxylation sites is 2. The van der Waals surface area contributed by atoms with Gasteiger partial charge in [-0.05, 0) is 25.5 Å². The van der Waals surface area contributed by atoms with Crippen molar-refractivity contribution in [1.82, 2.24) is 34.0 Å². The number of imidazole rings is 2. The highest BCUT2D eigenvalue weighted by atomic mass is 16.3. The SMILES string of the molecule is CC(C)c1nc2ccccc2n1CCCC(=O)N1C[C@H](O)C[C@](C)(O)[C@@H](n2cnc3c(N)ncnc32)C1. The number of likely N-dealkylation sites (tertiary alicyclic amines) is 1. The third-order valence-corrected chi connectivity index (χ3v) is 7.24. The summed E-state index contributed by atoms with van der Waals surface area (Å²) in [5.74, 6) is 1.44. The number of fused-ring (bicyclic) bond motifs is 2. The molecule has 4 aromatic rings. The Labute approximate surface area is 215 Å². The summed E-state index contributed by atoms with van der Waals surface area (Å²) in [5.41, 5.74) is 7.59. The van der Waals surface area contributed by atoms with Crippen LogP contribution in [0, 0.1) is 0 Å². The minimum Gasteiger partial charge on any atom is -0.391 e. The first-order valence-electron chi connectivity index (χ1n) is 12.7. The van der Waals surface area contributed by atoms with Gasteiger partial charge in [0, 0.05) is 38.4 Å². The van der Waals surface area contributed by atoms with Gasteiger partial charge in [-0.1, -0.05) is 26.0 Å². The molecular formula is C26H34N8O3. The predicted molar refractivity (Wildman–Crippen MR) is 140 cm³/mol. The number of hydrogen-bond acceptors (Lipinski definition) is 8. The number of aromatic nitrogens is 6. The van der Waals surface area contributed by atoms with Gasteiger partial charge in [0.05, 0.1) is 35.1 Å². The molecule has 11 nitrogen and oxygen atoms in total. The third kappa shape index (κ3) is 4.76. The Hall–Kier alpha value is -3.57. The number of anilines is 1. The van der Waals surface area contributed by atoms with Gasteiger partial charge in [-0.25, -0.2) is 19.9 Å². The maximum absolute atomic E-state index is 13.4. The normalized spacial score (nSPS) is 22.7. The fourth-order valence-corrected chi connectivity index (χ4v) is 5.42. The van der Waals surface area contributed by atoms with Crippen LogP contribution in [0.3, 0.4) is 0 Å². The first kappa shape index (κ1) is 25.1. The van der Waals surface area contributed by atoms with E-state index in [2.05, 4.69) is 39.4 Å². The fraction of sp³-hybridized carbons (Fsp3) is 0.500. The number of nitrogen functional groups attached to an aromatic ring is 1. The van der Waals surface area contributed by atoms with Crippen molar-refractivity contribution in [2.45, 2.75) is 70.2 Å². The number of aliphatic hydroxyl groups is 2. The Kier molecular flexibility index (Phi) is 6.59. The minimum atomic E-state index is -1.30. The Morgan fingerprint density at radius 3 is 2.78 bits per heavy atom. The molecule has 1 aliphatic heterocycles. The zero-order valence-electron chi connectivity index (χ0n) is 21.4. The molecule has 0 bridgehead atoms. The summed E-state index contributed by atoms with van der Waals surface area (Å²) in [5, 5.41) is 22.0. The first-order chi connectivity index (χ1) is 17.7. The average molecular weight is 507 g/mol. The Morgan fingerprint density at radius 1 is 1.22 bits per heavy atom. The number of nitrogens with zero attached hydrogens (tertiary/aromatic N) is 7. The van der Waals surface area contributed by atoms with E-state index in [4.69, 9.17) is 10.7 Å². The number of benzene rings is 1. The van der Waals surface area contributed by atoms with Crippen LogP contribution < -0.4 is 5.73 Å². The lowest BCUT2D eigenvalue weighted by molar-refractivity contribution is -0.133. The molecule has 4 N–H and O–H groups in total. The monoisotopic (exact) mass is 506 g/mol. The highest BCUT2D eigenvalue weighted by Gasteiger charge is 2.42. The van der Waals surface area contributed by atoms with Crippen molar-refractivity contribution in [3.63, 3.8) is 0 Å². The second-order valence-corrected chi connectivity index (χ2v) is 10.5. The predicted octanol–water partition coefficient (Wildman–Crippen LogP) is 2.25. The lowest BCUT2D eigenvalue weighted by Gasteiger charge is -2.34. The molecule has 0 unspecified atom stereocenters. The summed E-state index contributed by atoms with van der Waals surface area (Å²) in [6.45, 7) is 6.93. The van der Waals surface area contributed by atoms with E-state index < -0.39 is 17.7 Å². The molecule has 196 valence electrons. The van der Waals surface area contributed by atoms with Crippen LogP contribution in [0.2, 0.25) is 0 Å². The number of aryl methyl sites for hydroxylation is 1. The van der Waals surface area contributed by atoms with Crippen molar-refractivity contribution in [2.24, 2.45) is 0 Å². The molecule has 4 heterocycles. The van der Waals surface area contributed by atoms with Crippen molar-refractivity contribution in [2.75, 3.05) is 18.8 Å². The largest absolute Gasteiger partial charge is 0.391 e. The second-order valence-electron chi connectivity index (χ2n) is 10.5. The number of amides is 1. The van der Waals surface area contributed by atoms with Gasteiger partial charge in [0.1, 0.15) is 17.7 Å². The van der Waals surface area contributed by atoms with Gasteiger partial charge < -0.3 is 30.0 Å². The van der Waals surface area contributed by atoms with Crippen LogP contribution in [0.25, 0.3) is 22.2 Å². The second kappa shape index (κ2) is 9.71. The van der Waals surface area contributed by atoms with E-state index in [0.29, 0.717) is 30.6 Å². The molecule has 5 rings (SSSR count). The van der Waals surface area contributed by atoms with Crippen LogP contribution in [0.5, 0.6) is 0 Å². The fourth-order valence-electron chi connectivity index (χ4n) is 5.42. The quantitative estimate of drug-likeness (QED) is 0.361. The van der Waals surface area contributed by atoms with Crippen molar-refractivity contribution >= 4 is 33.9 Å². The average Bonchev–Trinajstić information content (AvgIpc) is 3.41. The molecule has 0 aliphatic carbocycles. The molecule has 1 amide bonds. The van der Waals surface area contributed by atoms with Gasteiger partial charge in [0.25, 0.3) is 0 Å². The van der Waals surface area contributed by atoms with Crippen LogP contribution in [-0.4, -0.2) is 74.9 Å².